The zero-order valence-corrected chi connectivity index (χ0v) is 38.1. The minimum Gasteiger partial charge on any atom is -0.311 e. The first-order valence-corrected chi connectivity index (χ1v) is 23.7. The third-order valence-corrected chi connectivity index (χ3v) is 13.5. The van der Waals surface area contributed by atoms with Crippen molar-refractivity contribution in [3.8, 4) is 77.9 Å². The average molecular weight is 878 g/mol. The van der Waals surface area contributed by atoms with E-state index in [9.17, 15) is 0 Å². The summed E-state index contributed by atoms with van der Waals surface area (Å²) in [6.07, 6.45) is 0. The van der Waals surface area contributed by atoms with Gasteiger partial charge in [0, 0.05) is 17.1 Å². The monoisotopic (exact) mass is 877 g/mol. The van der Waals surface area contributed by atoms with E-state index in [0.717, 1.165) is 17.1 Å². The summed E-state index contributed by atoms with van der Waals surface area (Å²) in [4.78, 5) is 2.37. The van der Waals surface area contributed by atoms with E-state index in [0.29, 0.717) is 0 Å². The molecule has 0 aliphatic carbocycles. The summed E-state index contributed by atoms with van der Waals surface area (Å²) in [5.74, 6) is 0. The predicted octanol–water partition coefficient (Wildman–Crippen LogP) is 19.1. The van der Waals surface area contributed by atoms with E-state index in [-0.39, 0.29) is 0 Å². The minimum absolute atomic E-state index is 1.08. The Morgan fingerprint density at radius 3 is 0.841 bits per heavy atom. The van der Waals surface area contributed by atoms with Crippen LogP contribution in [0.4, 0.5) is 17.1 Å². The molecule has 0 bridgehead atoms. The summed E-state index contributed by atoms with van der Waals surface area (Å²) in [6.45, 7) is 0. The average Bonchev–Trinajstić information content (AvgIpc) is 3.44. The van der Waals surface area contributed by atoms with E-state index in [1.54, 1.807) is 0 Å². The minimum atomic E-state index is 1.08. The van der Waals surface area contributed by atoms with E-state index >= 15 is 0 Å². The number of hydrogen-bond acceptors (Lipinski definition) is 1. The molecule has 0 N–H and O–H groups in total. The Labute approximate surface area is 404 Å². The summed E-state index contributed by atoms with van der Waals surface area (Å²) < 4.78 is 0. The standard InChI is InChI=1S/C68H47N/c1-5-16-48(17-6-1)50-28-32-52(33-29-50)54-36-42-59(43-37-54)69(60-44-38-55(39-45-60)53-34-30-51(31-35-53)49-18-7-2-8-19-49)61-46-40-56(41-47-61)62-26-15-27-65-67(58-22-11-4-12-23-58)66(57-20-9-3-10-21-57)63-24-13-14-25-64(63)68(62)65/h1-47H. The molecule has 12 aromatic carbocycles. The third-order valence-electron chi connectivity index (χ3n) is 13.5. The maximum atomic E-state index is 2.37. The fourth-order valence-electron chi connectivity index (χ4n) is 10.1. The third kappa shape index (κ3) is 8.07. The number of anilines is 3. The molecule has 12 aromatic rings. The van der Waals surface area contributed by atoms with Crippen molar-refractivity contribution in [2.75, 3.05) is 4.90 Å². The van der Waals surface area contributed by atoms with Crippen LogP contribution in [0.1, 0.15) is 0 Å². The Morgan fingerprint density at radius 2 is 0.449 bits per heavy atom. The van der Waals surface area contributed by atoms with Crippen molar-refractivity contribution in [3.63, 3.8) is 0 Å². The van der Waals surface area contributed by atoms with Crippen LogP contribution in [0.3, 0.4) is 0 Å². The Kier molecular flexibility index (Phi) is 11.0. The van der Waals surface area contributed by atoms with E-state index in [1.165, 1.54) is 99.4 Å². The second-order valence-electron chi connectivity index (χ2n) is 17.6. The molecule has 0 aliphatic heterocycles. The second kappa shape index (κ2) is 18.3. The number of fused-ring (bicyclic) bond motifs is 3. The summed E-state index contributed by atoms with van der Waals surface area (Å²) >= 11 is 0. The predicted molar refractivity (Wildman–Crippen MR) is 294 cm³/mol. The van der Waals surface area contributed by atoms with E-state index in [1.807, 2.05) is 0 Å². The van der Waals surface area contributed by atoms with Crippen LogP contribution in [0.15, 0.2) is 285 Å². The van der Waals surface area contributed by atoms with Crippen LogP contribution in [-0.4, -0.2) is 0 Å². The van der Waals surface area contributed by atoms with Gasteiger partial charge in [0.15, 0.2) is 0 Å². The van der Waals surface area contributed by atoms with Crippen molar-refractivity contribution in [2.45, 2.75) is 0 Å². The van der Waals surface area contributed by atoms with Crippen molar-refractivity contribution in [2.24, 2.45) is 0 Å². The van der Waals surface area contributed by atoms with Gasteiger partial charge in [-0.15, -0.1) is 0 Å². The van der Waals surface area contributed by atoms with Crippen molar-refractivity contribution in [3.05, 3.63) is 285 Å². The zero-order chi connectivity index (χ0) is 45.9. The molecular weight excluding hydrogens is 831 g/mol. The van der Waals surface area contributed by atoms with E-state index in [2.05, 4.69) is 290 Å². The highest BCUT2D eigenvalue weighted by molar-refractivity contribution is 6.25. The van der Waals surface area contributed by atoms with Crippen LogP contribution in [0.5, 0.6) is 0 Å². The molecule has 0 saturated heterocycles. The van der Waals surface area contributed by atoms with Gasteiger partial charge in [-0.05, 0) is 136 Å². The van der Waals surface area contributed by atoms with Crippen LogP contribution in [0, 0.1) is 0 Å². The molecule has 0 aromatic heterocycles. The van der Waals surface area contributed by atoms with Crippen LogP contribution in [-0.2, 0) is 0 Å². The van der Waals surface area contributed by atoms with E-state index in [4.69, 9.17) is 0 Å². The topological polar surface area (TPSA) is 3.24 Å². The number of nitrogens with zero attached hydrogens (tertiary/aromatic N) is 1. The van der Waals surface area contributed by atoms with Gasteiger partial charge in [-0.2, -0.15) is 0 Å². The first-order valence-electron chi connectivity index (χ1n) is 23.7. The lowest BCUT2D eigenvalue weighted by Gasteiger charge is -2.26. The molecule has 0 radical (unpaired) electrons. The molecule has 0 amide bonds. The van der Waals surface area contributed by atoms with Gasteiger partial charge in [0.25, 0.3) is 0 Å². The lowest BCUT2D eigenvalue weighted by Crippen LogP contribution is -2.09. The van der Waals surface area contributed by atoms with Crippen molar-refractivity contribution < 1.29 is 0 Å². The van der Waals surface area contributed by atoms with Gasteiger partial charge in [0.2, 0.25) is 0 Å². The smallest absolute Gasteiger partial charge is 0.0462 e. The fraction of sp³-hybridized carbons (Fsp3) is 0. The number of rotatable bonds is 10. The molecule has 0 unspecified atom stereocenters. The van der Waals surface area contributed by atoms with Gasteiger partial charge in [-0.1, -0.05) is 249 Å². The quantitative estimate of drug-likeness (QED) is 0.124. The molecule has 0 atom stereocenters. The molecule has 12 rings (SSSR count). The number of hydrogen-bond donors (Lipinski definition) is 0. The largest absolute Gasteiger partial charge is 0.311 e. The van der Waals surface area contributed by atoms with Crippen molar-refractivity contribution in [1.82, 2.24) is 0 Å². The molecule has 0 heterocycles. The van der Waals surface area contributed by atoms with Gasteiger partial charge >= 0.3 is 0 Å². The SMILES string of the molecule is c1ccc(-c2ccc(-c3ccc(N(c4ccc(-c5ccc(-c6ccccc6)cc5)cc4)c4ccc(-c5cccc6c(-c7ccccc7)c(-c7ccccc7)c7ccccc7c56)cc4)cc3)cc2)cc1. The molecule has 1 heteroatoms. The van der Waals surface area contributed by atoms with Crippen LogP contribution >= 0.6 is 0 Å². The van der Waals surface area contributed by atoms with Crippen molar-refractivity contribution >= 4 is 38.6 Å². The van der Waals surface area contributed by atoms with Gasteiger partial charge in [-0.3, -0.25) is 0 Å². The Balaban J connectivity index is 0.944. The molecule has 0 spiro atoms. The van der Waals surface area contributed by atoms with Gasteiger partial charge in [0.05, 0.1) is 0 Å². The summed E-state index contributed by atoms with van der Waals surface area (Å²) in [6, 6.07) is 103. The summed E-state index contributed by atoms with van der Waals surface area (Å²) in [7, 11) is 0. The maximum absolute atomic E-state index is 2.37. The van der Waals surface area contributed by atoms with Crippen LogP contribution in [0.2, 0.25) is 0 Å². The Bertz CT molecular complexity index is 3550. The fourth-order valence-corrected chi connectivity index (χ4v) is 10.1. The molecule has 324 valence electrons. The molecular formula is C68H47N. The lowest BCUT2D eigenvalue weighted by atomic mass is 9.83. The highest BCUT2D eigenvalue weighted by Gasteiger charge is 2.20. The van der Waals surface area contributed by atoms with E-state index < -0.39 is 0 Å². The number of benzene rings is 12. The summed E-state index contributed by atoms with van der Waals surface area (Å²) in [5, 5.41) is 5.00. The molecule has 69 heavy (non-hydrogen) atoms. The zero-order valence-electron chi connectivity index (χ0n) is 38.1. The van der Waals surface area contributed by atoms with Gasteiger partial charge in [0.1, 0.15) is 0 Å². The normalized spacial score (nSPS) is 11.2. The summed E-state index contributed by atoms with van der Waals surface area (Å²) in [5.41, 5.74) is 20.2. The second-order valence-corrected chi connectivity index (χ2v) is 17.6. The highest BCUT2D eigenvalue weighted by atomic mass is 15.1. The first-order chi connectivity index (χ1) is 34.2. The Morgan fingerprint density at radius 1 is 0.174 bits per heavy atom. The van der Waals surface area contributed by atoms with Crippen LogP contribution < -0.4 is 4.90 Å². The molecule has 0 fully saturated rings. The van der Waals surface area contributed by atoms with Crippen LogP contribution in [0.25, 0.3) is 99.4 Å². The first kappa shape index (κ1) is 41.4. The Hall–Kier alpha value is -9.04. The lowest BCUT2D eigenvalue weighted by molar-refractivity contribution is 1.28. The maximum Gasteiger partial charge on any atom is 0.0462 e. The molecule has 0 aliphatic rings. The van der Waals surface area contributed by atoms with Gasteiger partial charge in [-0.25, -0.2) is 0 Å². The highest BCUT2D eigenvalue weighted by Crippen LogP contribution is 2.47. The molecule has 1 nitrogen and oxygen atoms in total. The molecule has 0 saturated carbocycles. The van der Waals surface area contributed by atoms with Gasteiger partial charge < -0.3 is 4.90 Å². The van der Waals surface area contributed by atoms with Crippen molar-refractivity contribution in [1.29, 1.82) is 0 Å².